The monoisotopic (exact) mass is 431 g/mol. The zero-order chi connectivity index (χ0) is 20.4. The lowest BCUT2D eigenvalue weighted by Crippen LogP contribution is -2.38. The summed E-state index contributed by atoms with van der Waals surface area (Å²) in [5.41, 5.74) is 1.92. The van der Waals surface area contributed by atoms with Crippen LogP contribution < -0.4 is 14.4 Å². The molecule has 3 aromatic rings. The van der Waals surface area contributed by atoms with Crippen LogP contribution in [0.5, 0.6) is 5.75 Å². The molecule has 0 aliphatic carbocycles. The quantitative estimate of drug-likeness (QED) is 0.643. The van der Waals surface area contributed by atoms with E-state index in [0.717, 1.165) is 42.1 Å². The van der Waals surface area contributed by atoms with Crippen molar-refractivity contribution in [1.29, 1.82) is 0 Å². The largest absolute Gasteiger partial charge is 0.495 e. The first-order valence-corrected chi connectivity index (χ1v) is 12.0. The van der Waals surface area contributed by atoms with Crippen molar-refractivity contribution in [3.8, 4) is 5.75 Å². The van der Waals surface area contributed by atoms with Crippen LogP contribution in [0.3, 0.4) is 0 Å². The maximum absolute atomic E-state index is 12.8. The summed E-state index contributed by atoms with van der Waals surface area (Å²) in [4.78, 5) is 7.24. The highest BCUT2D eigenvalue weighted by Gasteiger charge is 2.25. The number of piperidine rings is 1. The molecule has 0 spiro atoms. The van der Waals surface area contributed by atoms with E-state index in [1.807, 2.05) is 31.2 Å². The van der Waals surface area contributed by atoms with E-state index in [1.54, 1.807) is 23.5 Å². The van der Waals surface area contributed by atoms with E-state index in [0.29, 0.717) is 18.2 Å². The third-order valence-electron chi connectivity index (χ3n) is 5.34. The molecule has 1 N–H and O–H groups in total. The number of aromatic nitrogens is 1. The van der Waals surface area contributed by atoms with Crippen LogP contribution in [0.2, 0.25) is 0 Å². The van der Waals surface area contributed by atoms with Crippen molar-refractivity contribution in [2.24, 2.45) is 5.92 Å². The van der Waals surface area contributed by atoms with Crippen LogP contribution in [0.4, 0.5) is 5.13 Å². The smallest absolute Gasteiger partial charge is 0.244 e. The van der Waals surface area contributed by atoms with Crippen molar-refractivity contribution in [3.05, 3.63) is 48.0 Å². The van der Waals surface area contributed by atoms with Gasteiger partial charge < -0.3 is 9.64 Å². The van der Waals surface area contributed by atoms with Crippen LogP contribution in [0, 0.1) is 12.8 Å². The fourth-order valence-electron chi connectivity index (χ4n) is 3.62. The number of aryl methyl sites for hydroxylation is 1. The van der Waals surface area contributed by atoms with E-state index >= 15 is 0 Å². The highest BCUT2D eigenvalue weighted by molar-refractivity contribution is 7.89. The summed E-state index contributed by atoms with van der Waals surface area (Å²) in [6.45, 7) is 4.09. The van der Waals surface area contributed by atoms with Gasteiger partial charge in [0.2, 0.25) is 10.0 Å². The molecule has 1 aliphatic rings. The molecule has 1 aromatic heterocycles. The normalized spacial score (nSPS) is 15.7. The number of sulfonamides is 1. The van der Waals surface area contributed by atoms with Crippen LogP contribution >= 0.6 is 11.3 Å². The Morgan fingerprint density at radius 2 is 1.97 bits per heavy atom. The Morgan fingerprint density at radius 1 is 1.21 bits per heavy atom. The standard InChI is InChI=1S/C21H25N3O3S2/c1-15-7-8-18(27-2)20(13-15)29(25,26)22-14-16-9-11-24(12-10-16)21-23-17-5-3-4-6-19(17)28-21/h3-8,13,16,22H,9-12,14H2,1-2H3. The summed E-state index contributed by atoms with van der Waals surface area (Å²) in [5, 5.41) is 1.05. The fraction of sp³-hybridized carbons (Fsp3) is 0.381. The summed E-state index contributed by atoms with van der Waals surface area (Å²) >= 11 is 1.71. The van der Waals surface area contributed by atoms with Crippen LogP contribution in [0.15, 0.2) is 47.4 Å². The Bertz CT molecular complexity index is 1070. The van der Waals surface area contributed by atoms with E-state index in [-0.39, 0.29) is 4.90 Å². The highest BCUT2D eigenvalue weighted by atomic mass is 32.2. The number of hydrogen-bond acceptors (Lipinski definition) is 6. The predicted molar refractivity (Wildman–Crippen MR) is 117 cm³/mol. The first-order chi connectivity index (χ1) is 14.0. The van der Waals surface area contributed by atoms with Gasteiger partial charge in [0.1, 0.15) is 10.6 Å². The van der Waals surface area contributed by atoms with Crippen molar-refractivity contribution >= 4 is 36.7 Å². The van der Waals surface area contributed by atoms with Crippen molar-refractivity contribution in [2.75, 3.05) is 31.6 Å². The number of benzene rings is 2. The van der Waals surface area contributed by atoms with E-state index < -0.39 is 10.0 Å². The van der Waals surface area contributed by atoms with Gasteiger partial charge in [-0.05, 0) is 55.5 Å². The van der Waals surface area contributed by atoms with Gasteiger partial charge in [-0.15, -0.1) is 0 Å². The summed E-state index contributed by atoms with van der Waals surface area (Å²) in [5.74, 6) is 0.681. The van der Waals surface area contributed by atoms with Gasteiger partial charge in [0.05, 0.1) is 17.3 Å². The first kappa shape index (κ1) is 20.1. The Labute approximate surface area is 175 Å². The van der Waals surface area contributed by atoms with Gasteiger partial charge in [0, 0.05) is 19.6 Å². The lowest BCUT2D eigenvalue weighted by Gasteiger charge is -2.31. The molecule has 0 radical (unpaired) electrons. The second-order valence-corrected chi connectivity index (χ2v) is 10.1. The number of nitrogens with zero attached hydrogens (tertiary/aromatic N) is 2. The fourth-order valence-corrected chi connectivity index (χ4v) is 6.01. The third kappa shape index (κ3) is 4.39. The molecule has 1 fully saturated rings. The maximum atomic E-state index is 12.8. The molecule has 2 aromatic carbocycles. The lowest BCUT2D eigenvalue weighted by atomic mass is 9.97. The second kappa shape index (κ2) is 8.30. The van der Waals surface area contributed by atoms with Gasteiger partial charge in [-0.3, -0.25) is 0 Å². The Balaban J connectivity index is 1.37. The zero-order valence-corrected chi connectivity index (χ0v) is 18.2. The van der Waals surface area contributed by atoms with E-state index in [1.165, 1.54) is 11.8 Å². The topological polar surface area (TPSA) is 71.5 Å². The second-order valence-electron chi connectivity index (χ2n) is 7.40. The third-order valence-corrected chi connectivity index (χ3v) is 7.88. The number of thiazole rings is 1. The summed E-state index contributed by atoms with van der Waals surface area (Å²) < 4.78 is 34.8. The number of hydrogen-bond donors (Lipinski definition) is 1. The van der Waals surface area contributed by atoms with Gasteiger partial charge in [-0.2, -0.15) is 0 Å². The molecule has 0 bridgehead atoms. The summed E-state index contributed by atoms with van der Waals surface area (Å²) in [6, 6.07) is 13.4. The molecule has 6 nitrogen and oxygen atoms in total. The number of anilines is 1. The number of ether oxygens (including phenoxy) is 1. The minimum Gasteiger partial charge on any atom is -0.495 e. The molecule has 0 unspecified atom stereocenters. The van der Waals surface area contributed by atoms with E-state index in [4.69, 9.17) is 9.72 Å². The van der Waals surface area contributed by atoms with E-state index in [9.17, 15) is 8.42 Å². The van der Waals surface area contributed by atoms with Crippen LogP contribution in [0.25, 0.3) is 10.2 Å². The van der Waals surface area contributed by atoms with Gasteiger partial charge in [0.15, 0.2) is 5.13 Å². The molecule has 4 rings (SSSR count). The summed E-state index contributed by atoms with van der Waals surface area (Å²) in [7, 11) is -2.12. The van der Waals surface area contributed by atoms with Gasteiger partial charge in [-0.25, -0.2) is 18.1 Å². The average Bonchev–Trinajstić information content (AvgIpc) is 3.17. The molecule has 1 saturated heterocycles. The van der Waals surface area contributed by atoms with Crippen molar-refractivity contribution in [1.82, 2.24) is 9.71 Å². The number of para-hydroxylation sites is 1. The molecule has 2 heterocycles. The minimum atomic E-state index is -3.61. The average molecular weight is 432 g/mol. The SMILES string of the molecule is COc1ccc(C)cc1S(=O)(=O)NCC1CCN(c2nc3ccccc3s2)CC1. The number of fused-ring (bicyclic) bond motifs is 1. The Hall–Kier alpha value is -2.16. The van der Waals surface area contributed by atoms with Crippen LogP contribution in [-0.4, -0.2) is 40.1 Å². The minimum absolute atomic E-state index is 0.201. The van der Waals surface area contributed by atoms with Crippen molar-refractivity contribution < 1.29 is 13.2 Å². The molecular weight excluding hydrogens is 406 g/mol. The zero-order valence-electron chi connectivity index (χ0n) is 16.6. The van der Waals surface area contributed by atoms with Crippen LogP contribution in [0.1, 0.15) is 18.4 Å². The first-order valence-electron chi connectivity index (χ1n) is 9.71. The number of nitrogens with one attached hydrogen (secondary N) is 1. The number of methoxy groups -OCH3 is 1. The Kier molecular flexibility index (Phi) is 5.76. The van der Waals surface area contributed by atoms with Crippen molar-refractivity contribution in [3.63, 3.8) is 0 Å². The molecule has 154 valence electrons. The maximum Gasteiger partial charge on any atom is 0.244 e. The summed E-state index contributed by atoms with van der Waals surface area (Å²) in [6.07, 6.45) is 1.87. The van der Waals surface area contributed by atoms with Crippen LogP contribution in [-0.2, 0) is 10.0 Å². The Morgan fingerprint density at radius 3 is 2.69 bits per heavy atom. The van der Waals surface area contributed by atoms with Gasteiger partial charge in [0.25, 0.3) is 0 Å². The molecule has 29 heavy (non-hydrogen) atoms. The molecular formula is C21H25N3O3S2. The van der Waals surface area contributed by atoms with Gasteiger partial charge >= 0.3 is 0 Å². The van der Waals surface area contributed by atoms with Crippen molar-refractivity contribution in [2.45, 2.75) is 24.7 Å². The molecule has 0 amide bonds. The van der Waals surface area contributed by atoms with E-state index in [2.05, 4.69) is 15.7 Å². The molecule has 0 saturated carbocycles. The predicted octanol–water partition coefficient (Wildman–Crippen LogP) is 3.81. The van der Waals surface area contributed by atoms with Gasteiger partial charge in [-0.1, -0.05) is 29.5 Å². The number of rotatable bonds is 6. The molecule has 0 atom stereocenters. The highest BCUT2D eigenvalue weighted by Crippen LogP contribution is 2.31. The molecule has 8 heteroatoms. The molecule has 1 aliphatic heterocycles. The lowest BCUT2D eigenvalue weighted by molar-refractivity contribution is 0.395.